The van der Waals surface area contributed by atoms with E-state index in [9.17, 15) is 39.3 Å². The van der Waals surface area contributed by atoms with Crippen molar-refractivity contribution in [2.24, 2.45) is 35.5 Å². The standard InChI is InChI=1S/C69H125N11O14S/c1-26-28-31-44(13)57(82)56-61(86)72-48(27-2)63(88)78(23)53(38-95-33-30-29-32-45(14)81)66(91)77(22)52(37-69(17,18)94)60(85)73-54(42(9)10)67(92)74(19)49(34-39(3)4)59(84)70-46(15)58(83)71-47(16)62(87)75(20)50(35-40(5)6)64(89)76(21)51(36-41(7)8)65(90)79(24)55(43(11)12)68(93)80(56)25/h26,28,39-57,81-82,94H,27,29-38H2,1-25H3,(H,70,84)(H,71,83)(H,72,86)(H,73,85)/b28-26+/t44-,45-,46+,47-,48+,49+,50+,51+,52+,53-,54+,55+,56+,57-/m1/s1. The van der Waals surface area contributed by atoms with E-state index >= 15 is 28.8 Å². The Balaban J connectivity index is 4.57. The molecule has 0 aromatic heterocycles. The van der Waals surface area contributed by atoms with E-state index in [4.69, 9.17) is 0 Å². The van der Waals surface area contributed by atoms with Crippen LogP contribution in [0.4, 0.5) is 0 Å². The molecule has 0 aromatic carbocycles. The quantitative estimate of drug-likeness (QED) is 0.0594. The molecule has 1 rings (SSSR count). The van der Waals surface area contributed by atoms with Crippen molar-refractivity contribution in [1.82, 2.24) is 55.6 Å². The Morgan fingerprint density at radius 3 is 1.41 bits per heavy atom. The lowest BCUT2D eigenvalue weighted by molar-refractivity contribution is -0.157. The number of aliphatic hydroxyl groups excluding tert-OH is 2. The predicted molar refractivity (Wildman–Crippen MR) is 372 cm³/mol. The summed E-state index contributed by atoms with van der Waals surface area (Å²) in [5.41, 5.74) is -1.60. The normalized spacial score (nSPS) is 26.6. The van der Waals surface area contributed by atoms with Gasteiger partial charge < -0.3 is 70.9 Å². The maximum Gasteiger partial charge on any atom is 0.246 e. The van der Waals surface area contributed by atoms with Crippen molar-refractivity contribution >= 4 is 76.7 Å². The fraction of sp³-hybridized carbons (Fsp3) is 0.812. The van der Waals surface area contributed by atoms with Gasteiger partial charge in [-0.1, -0.05) is 102 Å². The monoisotopic (exact) mass is 1360 g/mol. The van der Waals surface area contributed by atoms with E-state index in [1.54, 1.807) is 67.5 Å². The number of hydrogen-bond acceptors (Lipinski definition) is 15. The van der Waals surface area contributed by atoms with E-state index in [0.29, 0.717) is 25.0 Å². The van der Waals surface area contributed by atoms with E-state index in [2.05, 4.69) is 21.3 Å². The molecular formula is C69H125N11O14S. The molecule has 1 heterocycles. The van der Waals surface area contributed by atoms with Gasteiger partial charge in [-0.25, -0.2) is 0 Å². The smallest absolute Gasteiger partial charge is 0.246 e. The van der Waals surface area contributed by atoms with Gasteiger partial charge in [0.25, 0.3) is 0 Å². The van der Waals surface area contributed by atoms with Gasteiger partial charge in [-0.2, -0.15) is 11.8 Å². The number of rotatable bonds is 22. The molecule has 0 radical (unpaired) electrons. The van der Waals surface area contributed by atoms with E-state index < -0.39 is 167 Å². The SMILES string of the molecule is C/C=C/C[C@@H](C)[C@@H](O)[C@H]1C(=O)N[C@@H](CC)C(=O)N(C)[C@H](CSCCCC[C@@H](C)O)C(=O)N(C)[C@@H](CC(C)(C)O)C(=O)N[C@@H](C(C)C)C(=O)N(C)[C@@H](CC(C)C)C(=O)N[C@@H](C)C(=O)N[C@H](C)C(=O)N(C)[C@@H](CC(C)C)C(=O)N(C)[C@@H](CC(C)C)C(=O)N(C)[C@@H](C(C)C)C(=O)N1C. The zero-order valence-electron chi connectivity index (χ0n) is 62.3. The van der Waals surface area contributed by atoms with Crippen molar-refractivity contribution in [3.05, 3.63) is 12.2 Å². The lowest BCUT2D eigenvalue weighted by Crippen LogP contribution is -2.64. The molecule has 0 spiro atoms. The maximum absolute atomic E-state index is 15.4. The van der Waals surface area contributed by atoms with Crippen LogP contribution in [0.5, 0.6) is 0 Å². The fourth-order valence-corrected chi connectivity index (χ4v) is 13.0. The minimum atomic E-state index is -1.67. The third kappa shape index (κ3) is 26.2. The van der Waals surface area contributed by atoms with Crippen LogP contribution in [0.15, 0.2) is 12.2 Å². The van der Waals surface area contributed by atoms with Crippen LogP contribution >= 0.6 is 11.8 Å². The highest BCUT2D eigenvalue weighted by Gasteiger charge is 2.47. The molecule has 7 N–H and O–H groups in total. The predicted octanol–water partition coefficient (Wildman–Crippen LogP) is 4.04. The van der Waals surface area contributed by atoms with E-state index in [1.807, 2.05) is 41.5 Å². The van der Waals surface area contributed by atoms with Gasteiger partial charge in [0.1, 0.15) is 66.5 Å². The summed E-state index contributed by atoms with van der Waals surface area (Å²) in [6.07, 6.45) is 3.59. The first-order valence-corrected chi connectivity index (χ1v) is 35.3. The Labute approximate surface area is 573 Å². The molecule has 0 bridgehead atoms. The van der Waals surface area contributed by atoms with Gasteiger partial charge in [-0.05, 0) is 128 Å². The molecule has 1 saturated heterocycles. The number of allylic oxidation sites excluding steroid dienone is 2. The highest BCUT2D eigenvalue weighted by atomic mass is 32.2. The van der Waals surface area contributed by atoms with Crippen molar-refractivity contribution < 1.29 is 68.1 Å². The topological polar surface area (TPSA) is 319 Å². The molecule has 0 aromatic rings. The van der Waals surface area contributed by atoms with Gasteiger partial charge >= 0.3 is 0 Å². The van der Waals surface area contributed by atoms with Gasteiger partial charge in [0.2, 0.25) is 65.0 Å². The molecule has 1 aliphatic heterocycles. The molecule has 95 heavy (non-hydrogen) atoms. The van der Waals surface area contributed by atoms with Crippen molar-refractivity contribution in [2.45, 2.75) is 267 Å². The summed E-state index contributed by atoms with van der Waals surface area (Å²) in [6.45, 7) is 30.5. The van der Waals surface area contributed by atoms with Crippen molar-refractivity contribution in [1.29, 1.82) is 0 Å². The van der Waals surface area contributed by atoms with Gasteiger partial charge in [0.05, 0.1) is 17.8 Å². The average Bonchev–Trinajstić information content (AvgIpc) is 0.813. The summed E-state index contributed by atoms with van der Waals surface area (Å²) in [5, 5.41) is 44.7. The molecule has 1 aliphatic rings. The second-order valence-electron chi connectivity index (χ2n) is 29.1. The molecule has 0 unspecified atom stereocenters. The Kier molecular flexibility index (Phi) is 36.8. The first-order valence-electron chi connectivity index (χ1n) is 34.2. The van der Waals surface area contributed by atoms with E-state index in [1.165, 1.54) is 113 Å². The van der Waals surface area contributed by atoms with Crippen molar-refractivity contribution in [3.63, 3.8) is 0 Å². The number of thioether (sulfide) groups is 1. The third-order valence-corrected chi connectivity index (χ3v) is 18.9. The highest BCUT2D eigenvalue weighted by molar-refractivity contribution is 7.99. The maximum atomic E-state index is 15.4. The molecule has 1 fully saturated rings. The lowest BCUT2D eigenvalue weighted by Gasteiger charge is -2.41. The second kappa shape index (κ2) is 40.1. The van der Waals surface area contributed by atoms with Gasteiger partial charge in [-0.15, -0.1) is 0 Å². The molecule has 0 aliphatic carbocycles. The lowest BCUT2D eigenvalue weighted by atomic mass is 9.91. The Morgan fingerprint density at radius 2 is 0.937 bits per heavy atom. The number of amides is 11. The summed E-state index contributed by atoms with van der Waals surface area (Å²) in [7, 11) is 9.80. The molecule has 14 atom stereocenters. The number of aliphatic hydroxyl groups is 3. The van der Waals surface area contributed by atoms with Crippen LogP contribution in [0.2, 0.25) is 0 Å². The third-order valence-electron chi connectivity index (χ3n) is 17.8. The van der Waals surface area contributed by atoms with E-state index in [0.717, 1.165) is 9.80 Å². The van der Waals surface area contributed by atoms with Crippen LogP contribution in [-0.2, 0) is 52.7 Å². The summed E-state index contributed by atoms with van der Waals surface area (Å²) >= 11 is 1.35. The number of hydrogen-bond donors (Lipinski definition) is 7. The zero-order chi connectivity index (χ0) is 73.6. The van der Waals surface area contributed by atoms with Gasteiger partial charge in [0.15, 0.2) is 0 Å². The van der Waals surface area contributed by atoms with Crippen LogP contribution in [0.3, 0.4) is 0 Å². The fourth-order valence-electron chi connectivity index (χ4n) is 11.8. The zero-order valence-corrected chi connectivity index (χ0v) is 63.1. The largest absolute Gasteiger partial charge is 0.393 e. The number of carbonyl (C=O) groups is 11. The summed E-state index contributed by atoms with van der Waals surface area (Å²) < 4.78 is 0. The Morgan fingerprint density at radius 1 is 0.495 bits per heavy atom. The van der Waals surface area contributed by atoms with Crippen LogP contribution in [0.25, 0.3) is 0 Å². The number of unbranched alkanes of at least 4 members (excludes halogenated alkanes) is 1. The number of carbonyl (C=O) groups excluding carboxylic acids is 11. The number of likely N-dealkylation sites (N-methyl/N-ethyl adjacent to an activating group) is 7. The molecule has 11 amide bonds. The molecule has 25 nitrogen and oxygen atoms in total. The minimum absolute atomic E-state index is 0.0165. The first kappa shape index (κ1) is 87.2. The Bertz CT molecular complexity index is 2580. The number of nitrogens with one attached hydrogen (secondary N) is 4. The summed E-state index contributed by atoms with van der Waals surface area (Å²) in [5.74, 6) is -9.95. The number of nitrogens with zero attached hydrogens (tertiary/aromatic N) is 7. The minimum Gasteiger partial charge on any atom is -0.393 e. The van der Waals surface area contributed by atoms with Crippen LogP contribution < -0.4 is 21.3 Å². The second-order valence-corrected chi connectivity index (χ2v) is 30.3. The van der Waals surface area contributed by atoms with E-state index in [-0.39, 0.29) is 62.0 Å². The van der Waals surface area contributed by atoms with Crippen LogP contribution in [-0.4, -0.2) is 260 Å². The molecule has 0 saturated carbocycles. The van der Waals surface area contributed by atoms with Crippen LogP contribution in [0, 0.1) is 35.5 Å². The Hall–Kier alpha value is -5.86. The molecule has 546 valence electrons. The highest BCUT2D eigenvalue weighted by Crippen LogP contribution is 2.27. The average molecular weight is 1360 g/mol. The summed E-state index contributed by atoms with van der Waals surface area (Å²) in [6, 6.07) is -14.5. The summed E-state index contributed by atoms with van der Waals surface area (Å²) in [4.78, 5) is 172. The van der Waals surface area contributed by atoms with Crippen molar-refractivity contribution in [2.75, 3.05) is 60.8 Å². The van der Waals surface area contributed by atoms with Crippen molar-refractivity contribution in [3.8, 4) is 0 Å². The van der Waals surface area contributed by atoms with Gasteiger partial charge in [0, 0.05) is 61.5 Å². The first-order chi connectivity index (χ1) is 43.8. The van der Waals surface area contributed by atoms with Gasteiger partial charge in [-0.3, -0.25) is 52.7 Å². The molecule has 26 heteroatoms. The van der Waals surface area contributed by atoms with Crippen LogP contribution in [0.1, 0.15) is 182 Å². The molecular weight excluding hydrogens is 1240 g/mol.